The molecule has 2 saturated heterocycles. The summed E-state index contributed by atoms with van der Waals surface area (Å²) in [5, 5.41) is 1.94. The van der Waals surface area contributed by atoms with Crippen LogP contribution in [0.25, 0.3) is 0 Å². The molecule has 2 aliphatic heterocycles. The Bertz CT molecular complexity index is 1020. The van der Waals surface area contributed by atoms with Crippen LogP contribution in [-0.4, -0.2) is 59.6 Å². The van der Waals surface area contributed by atoms with E-state index in [1.165, 1.54) is 10.4 Å². The molecule has 0 saturated carbocycles. The van der Waals surface area contributed by atoms with E-state index in [0.717, 1.165) is 12.8 Å². The van der Waals surface area contributed by atoms with Gasteiger partial charge in [-0.1, -0.05) is 81.4 Å². The summed E-state index contributed by atoms with van der Waals surface area (Å²) in [7, 11) is -6.17. The Kier molecular flexibility index (Phi) is 8.42. The van der Waals surface area contributed by atoms with Gasteiger partial charge in [-0.25, -0.2) is 0 Å². The molecule has 6 nitrogen and oxygen atoms in total. The standard InChI is InChI=1S/C26H35ClO6SSi/c1-26(2,3)35(20-11-6-4-7-12-20,21-13-8-5-9-14-21)31-18-25-24(33-25)17-23-22(32-23)15-10-16-30-34(28,29)19-27/h4-9,11-14,22-25H,10,15-19H2,1-3H3/t22-,23+,24-,25+/m1/s1. The predicted octanol–water partition coefficient (Wildman–Crippen LogP) is 3.81. The number of halogens is 1. The van der Waals surface area contributed by atoms with Crippen molar-refractivity contribution in [3.8, 4) is 0 Å². The van der Waals surface area contributed by atoms with Gasteiger partial charge < -0.3 is 13.9 Å². The Morgan fingerprint density at radius 2 is 1.43 bits per heavy atom. The lowest BCUT2D eigenvalue weighted by molar-refractivity contribution is 0.246. The van der Waals surface area contributed by atoms with Crippen LogP contribution in [0.15, 0.2) is 60.7 Å². The molecule has 2 aromatic rings. The minimum Gasteiger partial charge on any atom is -0.405 e. The van der Waals surface area contributed by atoms with Gasteiger partial charge in [-0.2, -0.15) is 8.42 Å². The molecule has 0 aromatic heterocycles. The molecular formula is C26H35ClO6SSi. The quantitative estimate of drug-likeness (QED) is 0.127. The largest absolute Gasteiger partial charge is 0.405 e. The van der Waals surface area contributed by atoms with Gasteiger partial charge in [0.25, 0.3) is 18.4 Å². The first-order valence-electron chi connectivity index (χ1n) is 12.2. The zero-order chi connectivity index (χ0) is 25.1. The van der Waals surface area contributed by atoms with Gasteiger partial charge in [0.05, 0.1) is 31.5 Å². The highest BCUT2D eigenvalue weighted by Crippen LogP contribution is 2.40. The van der Waals surface area contributed by atoms with Gasteiger partial charge in [0.2, 0.25) is 0 Å². The van der Waals surface area contributed by atoms with E-state index in [-0.39, 0.29) is 36.1 Å². The number of rotatable bonds is 13. The SMILES string of the molecule is CC(C)(C)[Si](OC[C@@H]1O[C@@H]1C[C@@H]1O[C@@H]1CCCOS(=O)(=O)CCl)(c1ccccc1)c1ccccc1. The fourth-order valence-corrected chi connectivity index (χ4v) is 10.1. The second kappa shape index (κ2) is 11.0. The van der Waals surface area contributed by atoms with Crippen LogP contribution < -0.4 is 10.4 Å². The zero-order valence-electron chi connectivity index (χ0n) is 20.6. The van der Waals surface area contributed by atoms with Crippen molar-refractivity contribution in [1.29, 1.82) is 0 Å². The highest BCUT2D eigenvalue weighted by atomic mass is 35.5. The third kappa shape index (κ3) is 6.55. The minimum atomic E-state index is -3.60. The molecule has 9 heteroatoms. The summed E-state index contributed by atoms with van der Waals surface area (Å²) in [4.78, 5) is 0. The van der Waals surface area contributed by atoms with Crippen molar-refractivity contribution in [3.05, 3.63) is 60.7 Å². The molecule has 2 heterocycles. The van der Waals surface area contributed by atoms with Crippen LogP contribution in [0.1, 0.15) is 40.0 Å². The smallest absolute Gasteiger partial charge is 0.281 e. The normalized spacial score (nSPS) is 24.3. The first kappa shape index (κ1) is 26.8. The Labute approximate surface area is 215 Å². The van der Waals surface area contributed by atoms with Gasteiger partial charge >= 0.3 is 0 Å². The lowest BCUT2D eigenvalue weighted by Gasteiger charge is -2.43. The maximum Gasteiger partial charge on any atom is 0.281 e. The minimum absolute atomic E-state index is 0.0657. The van der Waals surface area contributed by atoms with Crippen LogP contribution in [0.2, 0.25) is 5.04 Å². The average Bonchev–Trinajstić information content (AvgIpc) is 3.76. The van der Waals surface area contributed by atoms with E-state index < -0.39 is 23.6 Å². The van der Waals surface area contributed by atoms with Gasteiger partial charge in [-0.3, -0.25) is 4.18 Å². The zero-order valence-corrected chi connectivity index (χ0v) is 23.1. The number of benzene rings is 2. The maximum atomic E-state index is 11.3. The Balaban J connectivity index is 1.32. The Morgan fingerprint density at radius 1 is 0.886 bits per heavy atom. The van der Waals surface area contributed by atoms with E-state index in [2.05, 4.69) is 69.3 Å². The van der Waals surface area contributed by atoms with Gasteiger partial charge in [0.1, 0.15) is 11.3 Å². The summed E-state index contributed by atoms with van der Waals surface area (Å²) in [6, 6.07) is 21.2. The van der Waals surface area contributed by atoms with Crippen LogP contribution >= 0.6 is 11.6 Å². The molecule has 4 rings (SSSR count). The van der Waals surface area contributed by atoms with Crippen LogP contribution in [0.3, 0.4) is 0 Å². The lowest BCUT2D eigenvalue weighted by Crippen LogP contribution is -2.66. The van der Waals surface area contributed by atoms with Crippen molar-refractivity contribution in [2.45, 2.75) is 69.5 Å². The fourth-order valence-electron chi connectivity index (χ4n) is 4.87. The van der Waals surface area contributed by atoms with Crippen molar-refractivity contribution >= 4 is 40.4 Å². The van der Waals surface area contributed by atoms with Crippen LogP contribution in [0, 0.1) is 0 Å². The van der Waals surface area contributed by atoms with Crippen molar-refractivity contribution < 1.29 is 26.5 Å². The second-order valence-electron chi connectivity index (χ2n) is 10.3. The Hall–Kier alpha value is -1.26. The summed E-state index contributed by atoms with van der Waals surface area (Å²) >= 11 is 5.34. The molecule has 2 aliphatic rings. The molecule has 0 amide bonds. The molecule has 2 fully saturated rings. The molecule has 0 bridgehead atoms. The van der Waals surface area contributed by atoms with Gasteiger partial charge in [-0.15, -0.1) is 11.6 Å². The van der Waals surface area contributed by atoms with E-state index in [9.17, 15) is 8.42 Å². The molecule has 35 heavy (non-hydrogen) atoms. The number of hydrogen-bond acceptors (Lipinski definition) is 6. The molecule has 0 unspecified atom stereocenters. The molecule has 192 valence electrons. The topological polar surface area (TPSA) is 77.7 Å². The Morgan fingerprint density at radius 3 is 1.97 bits per heavy atom. The van der Waals surface area contributed by atoms with E-state index in [1.807, 2.05) is 12.1 Å². The van der Waals surface area contributed by atoms with Gasteiger partial charge in [0.15, 0.2) is 0 Å². The molecule has 0 aliphatic carbocycles. The summed E-state index contributed by atoms with van der Waals surface area (Å²) in [6.07, 6.45) is 2.71. The van der Waals surface area contributed by atoms with Crippen molar-refractivity contribution in [2.24, 2.45) is 0 Å². The van der Waals surface area contributed by atoms with Crippen LogP contribution in [0.5, 0.6) is 0 Å². The highest BCUT2D eigenvalue weighted by Gasteiger charge is 2.53. The first-order valence-corrected chi connectivity index (χ1v) is 16.2. The number of alkyl halides is 1. The third-order valence-electron chi connectivity index (χ3n) is 6.75. The first-order chi connectivity index (χ1) is 16.7. The van der Waals surface area contributed by atoms with E-state index in [4.69, 9.17) is 29.7 Å². The van der Waals surface area contributed by atoms with Crippen molar-refractivity contribution in [2.75, 3.05) is 18.4 Å². The van der Waals surface area contributed by atoms with Crippen molar-refractivity contribution in [3.63, 3.8) is 0 Å². The fraction of sp³-hybridized carbons (Fsp3) is 0.538. The van der Waals surface area contributed by atoms with Gasteiger partial charge in [-0.05, 0) is 28.3 Å². The van der Waals surface area contributed by atoms with E-state index in [0.29, 0.717) is 13.0 Å². The van der Waals surface area contributed by atoms with Gasteiger partial charge in [0, 0.05) is 6.42 Å². The summed E-state index contributed by atoms with van der Waals surface area (Å²) in [6.45, 7) is 7.51. The third-order valence-corrected chi connectivity index (χ3v) is 13.3. The van der Waals surface area contributed by atoms with Crippen LogP contribution in [0.4, 0.5) is 0 Å². The maximum absolute atomic E-state index is 11.3. The molecule has 0 N–H and O–H groups in total. The average molecular weight is 539 g/mol. The molecule has 0 radical (unpaired) electrons. The van der Waals surface area contributed by atoms with Crippen LogP contribution in [-0.2, 0) is 28.2 Å². The summed E-state index contributed by atoms with van der Waals surface area (Å²) in [5.41, 5.74) is 0. The predicted molar refractivity (Wildman–Crippen MR) is 140 cm³/mol. The number of ether oxygens (including phenoxy) is 2. The monoisotopic (exact) mass is 538 g/mol. The molecule has 2 aromatic carbocycles. The highest BCUT2D eigenvalue weighted by molar-refractivity contribution is 7.87. The van der Waals surface area contributed by atoms with E-state index in [1.54, 1.807) is 0 Å². The summed E-state index contributed by atoms with van der Waals surface area (Å²) in [5.74, 6) is 0. The second-order valence-corrected chi connectivity index (χ2v) is 16.8. The van der Waals surface area contributed by atoms with E-state index >= 15 is 0 Å². The number of hydrogen-bond donors (Lipinski definition) is 0. The molecule has 0 spiro atoms. The molecular weight excluding hydrogens is 504 g/mol. The van der Waals surface area contributed by atoms with Crippen molar-refractivity contribution in [1.82, 2.24) is 0 Å². The lowest BCUT2D eigenvalue weighted by atomic mass is 10.1. The molecule has 4 atom stereocenters. The summed E-state index contributed by atoms with van der Waals surface area (Å²) < 4.78 is 46.1. The number of epoxide rings is 2.